The molecule has 0 spiro atoms. The van der Waals surface area contributed by atoms with Crippen molar-refractivity contribution < 1.29 is 0 Å². The Bertz CT molecular complexity index is 4270. The summed E-state index contributed by atoms with van der Waals surface area (Å²) < 4.78 is 7.57. The van der Waals surface area contributed by atoms with E-state index in [0.717, 1.165) is 11.4 Å². The molecule has 0 N–H and O–H groups in total. The van der Waals surface area contributed by atoms with Crippen molar-refractivity contribution in [1.82, 2.24) is 9.13 Å². The van der Waals surface area contributed by atoms with E-state index in [0.29, 0.717) is 0 Å². The second kappa shape index (κ2) is 16.0. The van der Waals surface area contributed by atoms with Gasteiger partial charge < -0.3 is 9.13 Å². The summed E-state index contributed by atoms with van der Waals surface area (Å²) in [5.74, 6) is 0. The van der Waals surface area contributed by atoms with Crippen molar-refractivity contribution in [2.75, 3.05) is 0 Å². The highest BCUT2D eigenvalue weighted by Crippen LogP contribution is 2.44. The summed E-state index contributed by atoms with van der Waals surface area (Å²) in [4.78, 5) is 0. The van der Waals surface area contributed by atoms with Gasteiger partial charge in [-0.1, -0.05) is 182 Å². The van der Waals surface area contributed by atoms with Crippen LogP contribution in [0.2, 0.25) is 0 Å². The van der Waals surface area contributed by atoms with Gasteiger partial charge >= 0.3 is 0 Å². The van der Waals surface area contributed by atoms with Gasteiger partial charge in [0.25, 0.3) is 0 Å². The number of hydrogen-bond acceptors (Lipinski definition) is 1. The van der Waals surface area contributed by atoms with Crippen molar-refractivity contribution >= 4 is 75.1 Å². The molecule has 3 aromatic heterocycles. The fourth-order valence-electron chi connectivity index (χ4n) is 10.9. The zero-order chi connectivity index (χ0) is 45.4. The Balaban J connectivity index is 0.930. The summed E-state index contributed by atoms with van der Waals surface area (Å²) in [5, 5.41) is 7.58. The molecule has 0 amide bonds. The normalized spacial score (nSPS) is 11.8. The third-order valence-corrected chi connectivity index (χ3v) is 15.3. The van der Waals surface area contributed by atoms with Gasteiger partial charge in [-0.15, -0.1) is 11.3 Å². The lowest BCUT2D eigenvalue weighted by atomic mass is 9.97. The van der Waals surface area contributed by atoms with Crippen LogP contribution in [0.5, 0.6) is 0 Å². The van der Waals surface area contributed by atoms with Gasteiger partial charge in [-0.2, -0.15) is 0 Å². The maximum absolute atomic E-state index is 2.47. The monoisotopic (exact) mass is 894 g/mol. The third kappa shape index (κ3) is 6.47. The highest BCUT2D eigenvalue weighted by Gasteiger charge is 2.20. The quantitative estimate of drug-likeness (QED) is 0.151. The molecule has 0 aliphatic heterocycles. The zero-order valence-corrected chi connectivity index (χ0v) is 38.4. The SMILES string of the molecule is c1ccc(-c2ccc(-c3ccccc3)c(-n3c4ccccc4c4cc(-c5ccc6c(c5)c5c(-c7ccccc7)cccc5n6-c5ccc(-c6ccc7sc8ccccc8c7c6)cc5)ccc43)c2)cc1. The molecular formula is C66H42N2S. The molecular weight excluding hydrogens is 853 g/mol. The number of rotatable bonds is 7. The lowest BCUT2D eigenvalue weighted by Crippen LogP contribution is -1.98. The van der Waals surface area contributed by atoms with Gasteiger partial charge in [0.05, 0.1) is 27.8 Å². The number of para-hydroxylation sites is 1. The first-order chi connectivity index (χ1) is 34.2. The van der Waals surface area contributed by atoms with E-state index in [9.17, 15) is 0 Å². The van der Waals surface area contributed by atoms with Gasteiger partial charge in [0.2, 0.25) is 0 Å². The van der Waals surface area contributed by atoms with Crippen LogP contribution in [0.3, 0.4) is 0 Å². The molecule has 11 aromatic carbocycles. The molecule has 3 heterocycles. The van der Waals surface area contributed by atoms with Crippen LogP contribution in [0.1, 0.15) is 0 Å². The minimum absolute atomic E-state index is 1.14. The summed E-state index contributed by atoms with van der Waals surface area (Å²) >= 11 is 1.86. The predicted octanol–water partition coefficient (Wildman–Crippen LogP) is 18.6. The van der Waals surface area contributed by atoms with Crippen molar-refractivity contribution in [3.8, 4) is 67.0 Å². The number of benzene rings is 11. The first-order valence-electron chi connectivity index (χ1n) is 23.7. The largest absolute Gasteiger partial charge is 0.309 e. The number of thiophene rings is 1. The van der Waals surface area contributed by atoms with E-state index in [1.165, 1.54) is 119 Å². The Hall–Kier alpha value is -8.76. The van der Waals surface area contributed by atoms with Crippen molar-refractivity contribution in [3.63, 3.8) is 0 Å². The first-order valence-corrected chi connectivity index (χ1v) is 24.5. The molecule has 0 aliphatic carbocycles. The standard InChI is InChI=1S/C66H42N2S/c1-4-15-43(16-5-1)50-29-35-52(45-17-6-2-7-18-45)63(42-50)68-59-24-12-10-21-54(59)56-39-48(30-36-60(56)68)49-31-37-61-58(41-49)66-53(46-19-8-3-9-20-46)23-14-25-62(66)67(61)51-33-27-44(28-34-51)47-32-38-65-57(40-47)55-22-11-13-26-64(55)69-65/h1-42H. The second-order valence-electron chi connectivity index (χ2n) is 18.0. The molecule has 0 fully saturated rings. The Morgan fingerprint density at radius 3 is 1.49 bits per heavy atom. The van der Waals surface area contributed by atoms with Gasteiger partial charge in [-0.05, 0) is 123 Å². The Kier molecular flexibility index (Phi) is 9.11. The van der Waals surface area contributed by atoms with E-state index in [2.05, 4.69) is 264 Å². The molecule has 14 aromatic rings. The van der Waals surface area contributed by atoms with Crippen molar-refractivity contribution in [2.24, 2.45) is 0 Å². The molecule has 14 rings (SSSR count). The maximum atomic E-state index is 2.47. The molecule has 0 aliphatic rings. The number of nitrogens with zero attached hydrogens (tertiary/aromatic N) is 2. The van der Waals surface area contributed by atoms with Crippen LogP contribution in [-0.2, 0) is 0 Å². The fraction of sp³-hybridized carbons (Fsp3) is 0. The van der Waals surface area contributed by atoms with Crippen LogP contribution >= 0.6 is 11.3 Å². The molecule has 322 valence electrons. The van der Waals surface area contributed by atoms with E-state index >= 15 is 0 Å². The van der Waals surface area contributed by atoms with Gasteiger partial charge in [0, 0.05) is 53.0 Å². The second-order valence-corrected chi connectivity index (χ2v) is 19.1. The number of fused-ring (bicyclic) bond motifs is 9. The van der Waals surface area contributed by atoms with Crippen LogP contribution in [0.25, 0.3) is 131 Å². The van der Waals surface area contributed by atoms with Crippen molar-refractivity contribution in [1.29, 1.82) is 0 Å². The Morgan fingerprint density at radius 1 is 0.246 bits per heavy atom. The molecule has 0 bridgehead atoms. The predicted molar refractivity (Wildman–Crippen MR) is 295 cm³/mol. The van der Waals surface area contributed by atoms with E-state index in [1.54, 1.807) is 0 Å². The lowest BCUT2D eigenvalue weighted by Gasteiger charge is -2.16. The molecule has 0 atom stereocenters. The average molecular weight is 895 g/mol. The third-order valence-electron chi connectivity index (χ3n) is 14.1. The topological polar surface area (TPSA) is 9.86 Å². The maximum Gasteiger partial charge on any atom is 0.0547 e. The van der Waals surface area contributed by atoms with Gasteiger partial charge in [-0.25, -0.2) is 0 Å². The Labute approximate surface area is 403 Å². The smallest absolute Gasteiger partial charge is 0.0547 e. The van der Waals surface area contributed by atoms with Gasteiger partial charge in [0.15, 0.2) is 0 Å². The van der Waals surface area contributed by atoms with E-state index in [1.807, 2.05) is 11.3 Å². The minimum Gasteiger partial charge on any atom is -0.309 e. The molecule has 69 heavy (non-hydrogen) atoms. The summed E-state index contributed by atoms with van der Waals surface area (Å²) in [6.45, 7) is 0. The van der Waals surface area contributed by atoms with Crippen LogP contribution in [-0.4, -0.2) is 9.13 Å². The average Bonchev–Trinajstić information content (AvgIpc) is 4.08. The zero-order valence-electron chi connectivity index (χ0n) is 37.6. The van der Waals surface area contributed by atoms with Crippen LogP contribution in [0, 0.1) is 0 Å². The van der Waals surface area contributed by atoms with Crippen LogP contribution < -0.4 is 0 Å². The van der Waals surface area contributed by atoms with Gasteiger partial charge in [-0.3, -0.25) is 0 Å². The van der Waals surface area contributed by atoms with Crippen LogP contribution in [0.4, 0.5) is 0 Å². The van der Waals surface area contributed by atoms with Crippen molar-refractivity contribution in [3.05, 3.63) is 255 Å². The molecule has 0 saturated carbocycles. The highest BCUT2D eigenvalue weighted by atomic mass is 32.1. The summed E-state index contributed by atoms with van der Waals surface area (Å²) in [5.41, 5.74) is 19.1. The molecule has 0 saturated heterocycles. The summed E-state index contributed by atoms with van der Waals surface area (Å²) in [6, 6.07) is 93.8. The Morgan fingerprint density at radius 2 is 0.739 bits per heavy atom. The number of hydrogen-bond donors (Lipinski definition) is 0. The molecule has 3 heteroatoms. The molecule has 0 radical (unpaired) electrons. The molecule has 0 unspecified atom stereocenters. The van der Waals surface area contributed by atoms with E-state index in [4.69, 9.17) is 0 Å². The fourth-order valence-corrected chi connectivity index (χ4v) is 12.0. The van der Waals surface area contributed by atoms with Crippen LogP contribution in [0.15, 0.2) is 255 Å². The van der Waals surface area contributed by atoms with Crippen molar-refractivity contribution in [2.45, 2.75) is 0 Å². The van der Waals surface area contributed by atoms with E-state index < -0.39 is 0 Å². The molecule has 2 nitrogen and oxygen atoms in total. The number of aromatic nitrogens is 2. The van der Waals surface area contributed by atoms with Gasteiger partial charge in [0.1, 0.15) is 0 Å². The summed E-state index contributed by atoms with van der Waals surface area (Å²) in [6.07, 6.45) is 0. The minimum atomic E-state index is 1.14. The van der Waals surface area contributed by atoms with E-state index in [-0.39, 0.29) is 0 Å². The summed E-state index contributed by atoms with van der Waals surface area (Å²) in [7, 11) is 0. The highest BCUT2D eigenvalue weighted by molar-refractivity contribution is 7.25. The lowest BCUT2D eigenvalue weighted by molar-refractivity contribution is 1.18. The first kappa shape index (κ1) is 39.4.